The van der Waals surface area contributed by atoms with Crippen LogP contribution in [-0.2, 0) is 6.54 Å². The summed E-state index contributed by atoms with van der Waals surface area (Å²) in [5.74, 6) is 0.312. The number of aromatic hydroxyl groups is 1. The molecule has 0 saturated carbocycles. The Balaban J connectivity index is 1.71. The highest BCUT2D eigenvalue weighted by Crippen LogP contribution is 2.17. The zero-order valence-corrected chi connectivity index (χ0v) is 10.7. The van der Waals surface area contributed by atoms with Crippen molar-refractivity contribution in [1.82, 2.24) is 9.55 Å². The maximum Gasteiger partial charge on any atom is 0.115 e. The molecule has 1 aromatic heterocycles. The van der Waals surface area contributed by atoms with Crippen LogP contribution in [0.1, 0.15) is 12.8 Å². The molecule has 18 heavy (non-hydrogen) atoms. The Morgan fingerprint density at radius 2 is 2.00 bits per heavy atom. The lowest BCUT2D eigenvalue weighted by atomic mass is 10.2. The summed E-state index contributed by atoms with van der Waals surface area (Å²) in [7, 11) is 2.07. The summed E-state index contributed by atoms with van der Waals surface area (Å²) in [6.07, 6.45) is 7.92. The average molecular weight is 245 g/mol. The van der Waals surface area contributed by atoms with Crippen molar-refractivity contribution in [2.75, 3.05) is 18.5 Å². The molecule has 0 fully saturated rings. The van der Waals surface area contributed by atoms with E-state index in [-0.39, 0.29) is 0 Å². The van der Waals surface area contributed by atoms with Crippen LogP contribution < -0.4 is 4.90 Å². The van der Waals surface area contributed by atoms with Gasteiger partial charge in [-0.1, -0.05) is 0 Å². The lowest BCUT2D eigenvalue weighted by Crippen LogP contribution is -2.18. The number of anilines is 1. The quantitative estimate of drug-likeness (QED) is 0.795. The molecule has 0 radical (unpaired) electrons. The van der Waals surface area contributed by atoms with Crippen LogP contribution >= 0.6 is 0 Å². The van der Waals surface area contributed by atoms with E-state index in [2.05, 4.69) is 21.5 Å². The maximum atomic E-state index is 9.23. The first-order chi connectivity index (χ1) is 8.75. The van der Waals surface area contributed by atoms with Gasteiger partial charge in [0.05, 0.1) is 6.33 Å². The average Bonchev–Trinajstić information content (AvgIpc) is 2.88. The van der Waals surface area contributed by atoms with Crippen LogP contribution in [0.3, 0.4) is 0 Å². The van der Waals surface area contributed by atoms with Crippen LogP contribution in [0.5, 0.6) is 5.75 Å². The number of aromatic nitrogens is 2. The summed E-state index contributed by atoms with van der Waals surface area (Å²) in [6, 6.07) is 7.31. The van der Waals surface area contributed by atoms with Gasteiger partial charge in [0, 0.05) is 38.2 Å². The molecule has 0 aliphatic rings. The highest BCUT2D eigenvalue weighted by atomic mass is 16.3. The highest BCUT2D eigenvalue weighted by Gasteiger charge is 2.00. The van der Waals surface area contributed by atoms with Gasteiger partial charge in [0.15, 0.2) is 0 Å². The first kappa shape index (κ1) is 12.5. The zero-order chi connectivity index (χ0) is 12.8. The Morgan fingerprint density at radius 1 is 1.22 bits per heavy atom. The van der Waals surface area contributed by atoms with Gasteiger partial charge in [0.25, 0.3) is 0 Å². The molecule has 0 unspecified atom stereocenters. The summed E-state index contributed by atoms with van der Waals surface area (Å²) >= 11 is 0. The van der Waals surface area contributed by atoms with E-state index >= 15 is 0 Å². The minimum Gasteiger partial charge on any atom is -0.508 e. The van der Waals surface area contributed by atoms with Gasteiger partial charge in [-0.2, -0.15) is 0 Å². The van der Waals surface area contributed by atoms with E-state index in [0.717, 1.165) is 31.6 Å². The van der Waals surface area contributed by atoms with Gasteiger partial charge >= 0.3 is 0 Å². The molecule has 0 amide bonds. The normalized spacial score (nSPS) is 10.5. The van der Waals surface area contributed by atoms with E-state index in [9.17, 15) is 5.11 Å². The van der Waals surface area contributed by atoms with E-state index in [0.29, 0.717) is 5.75 Å². The second-order valence-electron chi connectivity index (χ2n) is 4.45. The van der Waals surface area contributed by atoms with E-state index in [1.54, 1.807) is 12.1 Å². The summed E-state index contributed by atoms with van der Waals surface area (Å²) in [6.45, 7) is 2.03. The molecule has 96 valence electrons. The molecular weight excluding hydrogens is 226 g/mol. The fourth-order valence-electron chi connectivity index (χ4n) is 1.90. The Labute approximate surface area is 108 Å². The van der Waals surface area contributed by atoms with Crippen molar-refractivity contribution in [3.63, 3.8) is 0 Å². The molecule has 4 nitrogen and oxygen atoms in total. The molecule has 1 aromatic carbocycles. The Kier molecular flexibility index (Phi) is 4.23. The molecule has 0 aliphatic heterocycles. The lowest BCUT2D eigenvalue weighted by Gasteiger charge is -2.19. The van der Waals surface area contributed by atoms with Crippen LogP contribution in [0.15, 0.2) is 43.0 Å². The molecule has 1 heterocycles. The molecule has 4 heteroatoms. The number of benzene rings is 1. The number of nitrogens with zero attached hydrogens (tertiary/aromatic N) is 3. The molecule has 2 aromatic rings. The first-order valence-electron chi connectivity index (χ1n) is 6.21. The molecule has 0 bridgehead atoms. The van der Waals surface area contributed by atoms with Crippen molar-refractivity contribution in [1.29, 1.82) is 0 Å². The molecule has 0 spiro atoms. The van der Waals surface area contributed by atoms with Crippen molar-refractivity contribution in [3.05, 3.63) is 43.0 Å². The highest BCUT2D eigenvalue weighted by molar-refractivity contribution is 5.47. The van der Waals surface area contributed by atoms with E-state index < -0.39 is 0 Å². The molecule has 2 rings (SSSR count). The number of phenolic OH excluding ortho intramolecular Hbond substituents is 1. The third-order valence-corrected chi connectivity index (χ3v) is 3.01. The van der Waals surface area contributed by atoms with Gasteiger partial charge in [0.2, 0.25) is 0 Å². The third-order valence-electron chi connectivity index (χ3n) is 3.01. The number of phenols is 1. The van der Waals surface area contributed by atoms with Crippen molar-refractivity contribution in [2.45, 2.75) is 19.4 Å². The summed E-state index contributed by atoms with van der Waals surface area (Å²) in [4.78, 5) is 6.22. The lowest BCUT2D eigenvalue weighted by molar-refractivity contribution is 0.475. The SMILES string of the molecule is CN(CCCCn1ccnc1)c1ccc(O)cc1. The molecule has 1 N–H and O–H groups in total. The van der Waals surface area contributed by atoms with Gasteiger partial charge in [-0.15, -0.1) is 0 Å². The number of imidazole rings is 1. The Morgan fingerprint density at radius 3 is 2.67 bits per heavy atom. The van der Waals surface area contributed by atoms with Crippen molar-refractivity contribution in [2.24, 2.45) is 0 Å². The monoisotopic (exact) mass is 245 g/mol. The van der Waals surface area contributed by atoms with Crippen LogP contribution in [0.4, 0.5) is 5.69 Å². The first-order valence-corrected chi connectivity index (χ1v) is 6.21. The minimum atomic E-state index is 0.312. The molecule has 0 saturated heterocycles. The predicted octanol–water partition coefficient (Wildman–Crippen LogP) is 2.51. The minimum absolute atomic E-state index is 0.312. The van der Waals surface area contributed by atoms with Gasteiger partial charge in [-0.3, -0.25) is 0 Å². The van der Waals surface area contributed by atoms with Crippen LogP contribution in [0.25, 0.3) is 0 Å². The van der Waals surface area contributed by atoms with Crippen molar-refractivity contribution < 1.29 is 5.11 Å². The fraction of sp³-hybridized carbons (Fsp3) is 0.357. The second kappa shape index (κ2) is 6.10. The van der Waals surface area contributed by atoms with E-state index in [4.69, 9.17) is 0 Å². The predicted molar refractivity (Wildman–Crippen MR) is 72.8 cm³/mol. The summed E-state index contributed by atoms with van der Waals surface area (Å²) in [5, 5.41) is 9.23. The van der Waals surface area contributed by atoms with E-state index in [1.165, 1.54) is 0 Å². The fourth-order valence-corrected chi connectivity index (χ4v) is 1.90. The van der Waals surface area contributed by atoms with Gasteiger partial charge < -0.3 is 14.6 Å². The zero-order valence-electron chi connectivity index (χ0n) is 10.7. The summed E-state index contributed by atoms with van der Waals surface area (Å²) < 4.78 is 2.10. The smallest absolute Gasteiger partial charge is 0.115 e. The van der Waals surface area contributed by atoms with Crippen LogP contribution in [-0.4, -0.2) is 28.3 Å². The standard InChI is InChI=1S/C14H19N3O/c1-16(13-4-6-14(18)7-5-13)9-2-3-10-17-11-8-15-12-17/h4-8,11-12,18H,2-3,9-10H2,1H3. The summed E-state index contributed by atoms with van der Waals surface area (Å²) in [5.41, 5.74) is 1.13. The largest absolute Gasteiger partial charge is 0.508 e. The third kappa shape index (κ3) is 3.52. The van der Waals surface area contributed by atoms with E-state index in [1.807, 2.05) is 30.9 Å². The van der Waals surface area contributed by atoms with Crippen LogP contribution in [0, 0.1) is 0 Å². The molecular formula is C14H19N3O. The number of unbranched alkanes of at least 4 members (excludes halogenated alkanes) is 1. The second-order valence-corrected chi connectivity index (χ2v) is 4.45. The number of hydrogen-bond donors (Lipinski definition) is 1. The van der Waals surface area contributed by atoms with Crippen LogP contribution in [0.2, 0.25) is 0 Å². The Bertz CT molecular complexity index is 450. The number of rotatable bonds is 6. The van der Waals surface area contributed by atoms with Gasteiger partial charge in [-0.05, 0) is 37.1 Å². The van der Waals surface area contributed by atoms with Crippen molar-refractivity contribution in [3.8, 4) is 5.75 Å². The Hall–Kier alpha value is -1.97. The maximum absolute atomic E-state index is 9.23. The molecule has 0 aliphatic carbocycles. The van der Waals surface area contributed by atoms with Crippen molar-refractivity contribution >= 4 is 5.69 Å². The van der Waals surface area contributed by atoms with Gasteiger partial charge in [0.1, 0.15) is 5.75 Å². The topological polar surface area (TPSA) is 41.3 Å². The molecule has 0 atom stereocenters. The number of aryl methyl sites for hydroxylation is 1. The number of hydrogen-bond acceptors (Lipinski definition) is 3. The van der Waals surface area contributed by atoms with Gasteiger partial charge in [-0.25, -0.2) is 4.98 Å².